The number of thiazole rings is 1. The summed E-state index contributed by atoms with van der Waals surface area (Å²) >= 11 is 1.08. The van der Waals surface area contributed by atoms with E-state index < -0.39 is 10.0 Å². The van der Waals surface area contributed by atoms with Gasteiger partial charge in [-0.2, -0.15) is 0 Å². The average molecular weight is 417 g/mol. The monoisotopic (exact) mass is 416 g/mol. The number of aromatic nitrogens is 1. The molecular formula is C21H24N2O3S2. The Morgan fingerprint density at radius 2 is 1.86 bits per heavy atom. The third-order valence-corrected chi connectivity index (χ3v) is 7.95. The summed E-state index contributed by atoms with van der Waals surface area (Å²) in [5, 5.41) is 0. The molecule has 1 aliphatic carbocycles. The molecule has 0 aliphatic heterocycles. The summed E-state index contributed by atoms with van der Waals surface area (Å²) in [5.74, 6) is 0. The lowest BCUT2D eigenvalue weighted by Crippen LogP contribution is -2.27. The first-order valence-electron chi connectivity index (χ1n) is 9.66. The quantitative estimate of drug-likeness (QED) is 0.683. The first-order chi connectivity index (χ1) is 13.4. The van der Waals surface area contributed by atoms with E-state index in [0.717, 1.165) is 35.3 Å². The zero-order valence-corrected chi connectivity index (χ0v) is 17.7. The number of nitrogens with zero attached hydrogens (tertiary/aromatic N) is 1. The highest BCUT2D eigenvalue weighted by Crippen LogP contribution is 2.27. The zero-order chi connectivity index (χ0) is 19.9. The molecule has 0 spiro atoms. The summed E-state index contributed by atoms with van der Waals surface area (Å²) in [5.41, 5.74) is 4.47. The minimum Gasteiger partial charge on any atom is -0.299 e. The van der Waals surface area contributed by atoms with Gasteiger partial charge in [0.25, 0.3) is 0 Å². The fourth-order valence-corrected chi connectivity index (χ4v) is 6.23. The van der Waals surface area contributed by atoms with Gasteiger partial charge in [0.15, 0.2) is 0 Å². The molecule has 0 unspecified atom stereocenters. The number of rotatable bonds is 5. The highest BCUT2D eigenvalue weighted by Gasteiger charge is 2.21. The highest BCUT2D eigenvalue weighted by atomic mass is 32.2. The SMILES string of the molecule is CCn1c(=O)sc2cc(S(=O)(=O)N[C@H](C)c3ccc4c(c3)CCCC4)ccc21. The van der Waals surface area contributed by atoms with Crippen LogP contribution in [-0.2, 0) is 29.4 Å². The Kier molecular flexibility index (Phi) is 5.16. The van der Waals surface area contributed by atoms with Crippen molar-refractivity contribution in [3.63, 3.8) is 0 Å². The Morgan fingerprint density at radius 1 is 1.11 bits per heavy atom. The first kappa shape index (κ1) is 19.4. The Bertz CT molecular complexity index is 1190. The fourth-order valence-electron chi connectivity index (χ4n) is 3.90. The number of hydrogen-bond acceptors (Lipinski definition) is 4. The van der Waals surface area contributed by atoms with Crippen molar-refractivity contribution in [1.29, 1.82) is 0 Å². The van der Waals surface area contributed by atoms with Crippen molar-refractivity contribution in [2.24, 2.45) is 0 Å². The van der Waals surface area contributed by atoms with Gasteiger partial charge >= 0.3 is 4.87 Å². The minimum atomic E-state index is -3.69. The Labute approximate surface area is 169 Å². The van der Waals surface area contributed by atoms with E-state index in [1.54, 1.807) is 22.8 Å². The van der Waals surface area contributed by atoms with E-state index in [0.29, 0.717) is 11.2 Å². The topological polar surface area (TPSA) is 68.2 Å². The van der Waals surface area contributed by atoms with Gasteiger partial charge in [0.2, 0.25) is 10.0 Å². The van der Waals surface area contributed by atoms with Crippen molar-refractivity contribution >= 4 is 31.6 Å². The van der Waals surface area contributed by atoms with Crippen LogP contribution in [0.15, 0.2) is 46.1 Å². The molecule has 1 aliphatic rings. The lowest BCUT2D eigenvalue weighted by atomic mass is 9.89. The number of aryl methyl sites for hydroxylation is 3. The van der Waals surface area contributed by atoms with Crippen LogP contribution in [0.4, 0.5) is 0 Å². The molecule has 1 N–H and O–H groups in total. The molecule has 3 aromatic rings. The summed E-state index contributed by atoms with van der Waals surface area (Å²) in [6.45, 7) is 4.34. The lowest BCUT2D eigenvalue weighted by Gasteiger charge is -2.20. The standard InChI is InChI=1S/C21H24N2O3S2/c1-3-23-19-11-10-18(13-20(19)27-21(23)24)28(25,26)22-14(2)16-9-8-15-6-4-5-7-17(15)12-16/h8-14,22H,3-7H2,1-2H3/t14-/m1/s1. The first-order valence-corrected chi connectivity index (χ1v) is 12.0. The van der Waals surface area contributed by atoms with Crippen molar-refractivity contribution in [2.75, 3.05) is 0 Å². The molecular weight excluding hydrogens is 392 g/mol. The summed E-state index contributed by atoms with van der Waals surface area (Å²) in [7, 11) is -3.69. The second kappa shape index (κ2) is 7.46. The van der Waals surface area contributed by atoms with Crippen molar-refractivity contribution in [3.8, 4) is 0 Å². The van der Waals surface area contributed by atoms with Crippen molar-refractivity contribution in [2.45, 2.75) is 57.0 Å². The van der Waals surface area contributed by atoms with Gasteiger partial charge in [-0.15, -0.1) is 0 Å². The van der Waals surface area contributed by atoms with Gasteiger partial charge in [0, 0.05) is 12.6 Å². The van der Waals surface area contributed by atoms with E-state index in [9.17, 15) is 13.2 Å². The third-order valence-electron chi connectivity index (χ3n) is 5.47. The second-order valence-corrected chi connectivity index (χ2v) is 10.0. The van der Waals surface area contributed by atoms with Crippen LogP contribution in [0.2, 0.25) is 0 Å². The van der Waals surface area contributed by atoms with Crippen LogP contribution in [0, 0.1) is 0 Å². The van der Waals surface area contributed by atoms with Gasteiger partial charge in [-0.1, -0.05) is 29.5 Å². The highest BCUT2D eigenvalue weighted by molar-refractivity contribution is 7.89. The van der Waals surface area contributed by atoms with Crippen molar-refractivity contribution in [3.05, 3.63) is 62.8 Å². The molecule has 1 atom stereocenters. The zero-order valence-electron chi connectivity index (χ0n) is 16.1. The van der Waals surface area contributed by atoms with Crippen LogP contribution >= 0.6 is 11.3 Å². The van der Waals surface area contributed by atoms with Crippen LogP contribution in [0.25, 0.3) is 10.2 Å². The average Bonchev–Trinajstić information content (AvgIpc) is 3.01. The van der Waals surface area contributed by atoms with E-state index in [4.69, 9.17) is 0 Å². The largest absolute Gasteiger partial charge is 0.308 e. The molecule has 0 saturated heterocycles. The molecule has 1 aromatic heterocycles. The second-order valence-electron chi connectivity index (χ2n) is 7.32. The van der Waals surface area contributed by atoms with E-state index in [1.165, 1.54) is 24.0 Å². The molecule has 7 heteroatoms. The maximum absolute atomic E-state index is 12.9. The summed E-state index contributed by atoms with van der Waals surface area (Å²) in [4.78, 5) is 12.1. The third kappa shape index (κ3) is 3.54. The number of benzene rings is 2. The molecule has 4 rings (SSSR count). The predicted octanol–water partition coefficient (Wildman–Crippen LogP) is 4.00. The van der Waals surface area contributed by atoms with Crippen LogP contribution in [0.1, 0.15) is 49.4 Å². The van der Waals surface area contributed by atoms with Crippen LogP contribution < -0.4 is 9.60 Å². The van der Waals surface area contributed by atoms with Crippen LogP contribution in [-0.4, -0.2) is 13.0 Å². The number of nitrogens with one attached hydrogen (secondary N) is 1. The number of fused-ring (bicyclic) bond motifs is 2. The lowest BCUT2D eigenvalue weighted by molar-refractivity contribution is 0.566. The summed E-state index contributed by atoms with van der Waals surface area (Å²) in [6, 6.07) is 10.8. The predicted molar refractivity (Wildman–Crippen MR) is 114 cm³/mol. The molecule has 0 fully saturated rings. The molecule has 0 radical (unpaired) electrons. The Balaban J connectivity index is 1.61. The molecule has 28 heavy (non-hydrogen) atoms. The maximum atomic E-state index is 12.9. The van der Waals surface area contributed by atoms with E-state index in [1.807, 2.05) is 19.9 Å². The van der Waals surface area contributed by atoms with Gasteiger partial charge < -0.3 is 0 Å². The van der Waals surface area contributed by atoms with Crippen LogP contribution in [0.3, 0.4) is 0 Å². The normalized spacial score (nSPS) is 15.5. The minimum absolute atomic E-state index is 0.0672. The summed E-state index contributed by atoms with van der Waals surface area (Å²) in [6.07, 6.45) is 4.59. The Hall–Kier alpha value is -1.96. The van der Waals surface area contributed by atoms with E-state index in [2.05, 4.69) is 16.9 Å². The van der Waals surface area contributed by atoms with Gasteiger partial charge in [-0.3, -0.25) is 9.36 Å². The van der Waals surface area contributed by atoms with Crippen molar-refractivity contribution in [1.82, 2.24) is 9.29 Å². The van der Waals surface area contributed by atoms with Gasteiger partial charge in [-0.25, -0.2) is 13.1 Å². The van der Waals surface area contributed by atoms with Crippen molar-refractivity contribution < 1.29 is 8.42 Å². The molecule has 0 bridgehead atoms. The van der Waals surface area contributed by atoms with E-state index in [-0.39, 0.29) is 15.8 Å². The van der Waals surface area contributed by atoms with Gasteiger partial charge in [0.1, 0.15) is 0 Å². The maximum Gasteiger partial charge on any atom is 0.308 e. The van der Waals surface area contributed by atoms with Crippen LogP contribution in [0.5, 0.6) is 0 Å². The summed E-state index contributed by atoms with van der Waals surface area (Å²) < 4.78 is 31.0. The van der Waals surface area contributed by atoms with Gasteiger partial charge in [-0.05, 0) is 74.4 Å². The molecule has 0 saturated carbocycles. The smallest absolute Gasteiger partial charge is 0.299 e. The molecule has 148 valence electrons. The van der Waals surface area contributed by atoms with Gasteiger partial charge in [0.05, 0.1) is 15.1 Å². The fraction of sp³-hybridized carbons (Fsp3) is 0.381. The molecule has 1 heterocycles. The molecule has 2 aromatic carbocycles. The molecule has 0 amide bonds. The number of sulfonamides is 1. The number of hydrogen-bond donors (Lipinski definition) is 1. The van der Waals surface area contributed by atoms with E-state index >= 15 is 0 Å². The Morgan fingerprint density at radius 3 is 2.61 bits per heavy atom. The molecule has 5 nitrogen and oxygen atoms in total.